The molecule has 98 valence electrons. The van der Waals surface area contributed by atoms with Crippen LogP contribution in [-0.2, 0) is 12.8 Å². The van der Waals surface area contributed by atoms with Crippen molar-refractivity contribution in [2.24, 2.45) is 0 Å². The highest BCUT2D eigenvalue weighted by Crippen LogP contribution is 2.29. The number of nitrogens with one attached hydrogen (secondary N) is 1. The Morgan fingerprint density at radius 3 is 2.84 bits per heavy atom. The number of aryl methyl sites for hydroxylation is 2. The van der Waals surface area contributed by atoms with Crippen molar-refractivity contribution in [2.45, 2.75) is 25.7 Å². The highest BCUT2D eigenvalue weighted by Gasteiger charge is 2.17. The van der Waals surface area contributed by atoms with Crippen LogP contribution in [0, 0.1) is 0 Å². The summed E-state index contributed by atoms with van der Waals surface area (Å²) in [5, 5.41) is 3.53. The number of aromatic nitrogens is 1. The lowest BCUT2D eigenvalue weighted by Crippen LogP contribution is -2.13. The molecule has 1 aliphatic rings. The Bertz CT molecular complexity index is 597. The van der Waals surface area contributed by atoms with E-state index in [0.29, 0.717) is 16.4 Å². The number of thiazole rings is 1. The minimum absolute atomic E-state index is 0.191. The van der Waals surface area contributed by atoms with E-state index in [1.807, 2.05) is 6.07 Å². The topological polar surface area (TPSA) is 68.0 Å². The highest BCUT2D eigenvalue weighted by atomic mass is 32.1. The molecule has 1 amide bonds. The van der Waals surface area contributed by atoms with E-state index in [0.717, 1.165) is 18.5 Å². The molecule has 0 unspecified atom stereocenters. The van der Waals surface area contributed by atoms with E-state index in [9.17, 15) is 4.79 Å². The van der Waals surface area contributed by atoms with Crippen LogP contribution in [-0.4, -0.2) is 10.9 Å². The number of para-hydroxylation sites is 1. The third-order valence-corrected chi connectivity index (χ3v) is 4.34. The minimum Gasteiger partial charge on any atom is -0.398 e. The largest absolute Gasteiger partial charge is 0.398 e. The van der Waals surface area contributed by atoms with Gasteiger partial charge in [0.2, 0.25) is 0 Å². The molecule has 0 fully saturated rings. The molecule has 5 heteroatoms. The van der Waals surface area contributed by atoms with E-state index >= 15 is 0 Å². The van der Waals surface area contributed by atoms with Gasteiger partial charge in [0, 0.05) is 10.6 Å². The number of hydrogen-bond acceptors (Lipinski definition) is 4. The highest BCUT2D eigenvalue weighted by molar-refractivity contribution is 7.15. The molecule has 4 nitrogen and oxygen atoms in total. The molecule has 3 N–H and O–H groups in total. The molecule has 0 atom stereocenters. The lowest BCUT2D eigenvalue weighted by molar-refractivity contribution is 0.102. The number of nitrogen functional groups attached to an aromatic ring is 1. The zero-order valence-corrected chi connectivity index (χ0v) is 11.3. The fourth-order valence-electron chi connectivity index (χ4n) is 2.27. The van der Waals surface area contributed by atoms with Gasteiger partial charge in [-0.1, -0.05) is 12.1 Å². The maximum atomic E-state index is 12.1. The Kier molecular flexibility index (Phi) is 3.21. The molecule has 0 saturated heterocycles. The van der Waals surface area contributed by atoms with Crippen molar-refractivity contribution in [1.82, 2.24) is 4.98 Å². The van der Waals surface area contributed by atoms with Crippen molar-refractivity contribution in [3.8, 4) is 0 Å². The smallest absolute Gasteiger partial charge is 0.259 e. The number of hydrogen-bond donors (Lipinski definition) is 2. The second kappa shape index (κ2) is 5.01. The first-order chi connectivity index (χ1) is 9.24. The van der Waals surface area contributed by atoms with Gasteiger partial charge < -0.3 is 5.73 Å². The summed E-state index contributed by atoms with van der Waals surface area (Å²) in [5.41, 5.74) is 7.92. The standard InChI is InChI=1S/C14H15N3OS/c15-10-6-2-1-5-9(10)13(18)17-14-16-11-7-3-4-8-12(11)19-14/h1-2,5-6H,3-4,7-8,15H2,(H,16,17,18). The van der Waals surface area contributed by atoms with E-state index in [4.69, 9.17) is 5.73 Å². The molecular weight excluding hydrogens is 258 g/mol. The first-order valence-corrected chi connectivity index (χ1v) is 7.20. The van der Waals surface area contributed by atoms with Crippen molar-refractivity contribution >= 4 is 28.1 Å². The second-order valence-corrected chi connectivity index (χ2v) is 5.72. The van der Waals surface area contributed by atoms with Crippen LogP contribution in [0.1, 0.15) is 33.8 Å². The normalized spacial score (nSPS) is 13.9. The zero-order chi connectivity index (χ0) is 13.2. The van der Waals surface area contributed by atoms with E-state index in [1.54, 1.807) is 29.5 Å². The summed E-state index contributed by atoms with van der Waals surface area (Å²) in [7, 11) is 0. The number of rotatable bonds is 2. The first-order valence-electron chi connectivity index (χ1n) is 6.38. The molecular formula is C14H15N3OS. The monoisotopic (exact) mass is 273 g/mol. The van der Waals surface area contributed by atoms with Crippen LogP contribution < -0.4 is 11.1 Å². The molecule has 1 aromatic heterocycles. The molecule has 0 spiro atoms. The number of carbonyl (C=O) groups excluding carboxylic acids is 1. The number of nitrogens with zero attached hydrogens (tertiary/aromatic N) is 1. The summed E-state index contributed by atoms with van der Waals surface area (Å²) >= 11 is 1.58. The van der Waals surface area contributed by atoms with E-state index in [-0.39, 0.29) is 5.91 Å². The van der Waals surface area contributed by atoms with Gasteiger partial charge in [0.1, 0.15) is 0 Å². The van der Waals surface area contributed by atoms with E-state index in [2.05, 4.69) is 10.3 Å². The predicted octanol–water partition coefficient (Wildman–Crippen LogP) is 2.86. The van der Waals surface area contributed by atoms with Gasteiger partial charge in [-0.3, -0.25) is 10.1 Å². The Morgan fingerprint density at radius 1 is 1.26 bits per heavy atom. The molecule has 0 aliphatic heterocycles. The second-order valence-electron chi connectivity index (χ2n) is 4.64. The number of benzene rings is 1. The quantitative estimate of drug-likeness (QED) is 0.827. The molecule has 1 aromatic carbocycles. The van der Waals surface area contributed by atoms with Crippen LogP contribution in [0.2, 0.25) is 0 Å². The summed E-state index contributed by atoms with van der Waals surface area (Å²) in [5.74, 6) is -0.191. The molecule has 0 radical (unpaired) electrons. The van der Waals surface area contributed by atoms with E-state index < -0.39 is 0 Å². The summed E-state index contributed by atoms with van der Waals surface area (Å²) in [6.45, 7) is 0. The molecule has 0 saturated carbocycles. The Labute approximate surface area is 115 Å². The molecule has 1 heterocycles. The fraction of sp³-hybridized carbons (Fsp3) is 0.286. The number of fused-ring (bicyclic) bond motifs is 1. The maximum Gasteiger partial charge on any atom is 0.259 e. The summed E-state index contributed by atoms with van der Waals surface area (Å²) in [6.07, 6.45) is 4.51. The minimum atomic E-state index is -0.191. The first kappa shape index (κ1) is 12.2. The lowest BCUT2D eigenvalue weighted by Gasteiger charge is -2.06. The van der Waals surface area contributed by atoms with Crippen molar-refractivity contribution in [2.75, 3.05) is 11.1 Å². The van der Waals surface area contributed by atoms with Gasteiger partial charge in [0.25, 0.3) is 5.91 Å². The van der Waals surface area contributed by atoms with Crippen LogP contribution in [0.5, 0.6) is 0 Å². The van der Waals surface area contributed by atoms with Crippen LogP contribution in [0.3, 0.4) is 0 Å². The van der Waals surface area contributed by atoms with Crippen molar-refractivity contribution < 1.29 is 4.79 Å². The van der Waals surface area contributed by atoms with Gasteiger partial charge in [-0.05, 0) is 37.8 Å². The van der Waals surface area contributed by atoms with Gasteiger partial charge in [0.15, 0.2) is 5.13 Å². The zero-order valence-electron chi connectivity index (χ0n) is 10.5. The summed E-state index contributed by atoms with van der Waals surface area (Å²) in [4.78, 5) is 17.9. The Balaban J connectivity index is 1.80. The average molecular weight is 273 g/mol. The van der Waals surface area contributed by atoms with Gasteiger partial charge in [0.05, 0.1) is 11.3 Å². The van der Waals surface area contributed by atoms with Crippen LogP contribution in [0.15, 0.2) is 24.3 Å². The Hall–Kier alpha value is -1.88. The van der Waals surface area contributed by atoms with Crippen molar-refractivity contribution in [1.29, 1.82) is 0 Å². The van der Waals surface area contributed by atoms with Gasteiger partial charge in [-0.2, -0.15) is 0 Å². The third kappa shape index (κ3) is 2.46. The van der Waals surface area contributed by atoms with Gasteiger partial charge >= 0.3 is 0 Å². The van der Waals surface area contributed by atoms with Crippen molar-refractivity contribution in [3.63, 3.8) is 0 Å². The average Bonchev–Trinajstić information content (AvgIpc) is 2.81. The Morgan fingerprint density at radius 2 is 2.05 bits per heavy atom. The predicted molar refractivity (Wildman–Crippen MR) is 77.6 cm³/mol. The van der Waals surface area contributed by atoms with Crippen molar-refractivity contribution in [3.05, 3.63) is 40.4 Å². The number of carbonyl (C=O) groups is 1. The number of anilines is 2. The summed E-state index contributed by atoms with van der Waals surface area (Å²) in [6, 6.07) is 7.06. The lowest BCUT2D eigenvalue weighted by atomic mass is 10.0. The fourth-order valence-corrected chi connectivity index (χ4v) is 3.32. The van der Waals surface area contributed by atoms with Crippen LogP contribution >= 0.6 is 11.3 Å². The SMILES string of the molecule is Nc1ccccc1C(=O)Nc1nc2c(s1)CCCC2. The van der Waals surface area contributed by atoms with Crippen LogP contribution in [0.25, 0.3) is 0 Å². The molecule has 2 aromatic rings. The summed E-state index contributed by atoms with van der Waals surface area (Å²) < 4.78 is 0. The van der Waals surface area contributed by atoms with Crippen LogP contribution in [0.4, 0.5) is 10.8 Å². The number of nitrogens with two attached hydrogens (primary N) is 1. The van der Waals surface area contributed by atoms with Gasteiger partial charge in [-0.25, -0.2) is 4.98 Å². The molecule has 0 bridgehead atoms. The van der Waals surface area contributed by atoms with E-state index in [1.165, 1.54) is 17.7 Å². The number of amides is 1. The molecule has 3 rings (SSSR count). The molecule has 1 aliphatic carbocycles. The third-order valence-electron chi connectivity index (χ3n) is 3.27. The molecule has 19 heavy (non-hydrogen) atoms. The maximum absolute atomic E-state index is 12.1. The van der Waals surface area contributed by atoms with Gasteiger partial charge in [-0.15, -0.1) is 11.3 Å².